The van der Waals surface area contributed by atoms with E-state index >= 15 is 0 Å². The topological polar surface area (TPSA) is 20.3 Å². The number of rotatable bonds is 4. The Morgan fingerprint density at radius 1 is 1.53 bits per heavy atom. The predicted molar refractivity (Wildman–Crippen MR) is 66.0 cm³/mol. The molecule has 0 saturated heterocycles. The fourth-order valence-electron chi connectivity index (χ4n) is 1.38. The summed E-state index contributed by atoms with van der Waals surface area (Å²) in [5.41, 5.74) is -0.436. The highest BCUT2D eigenvalue weighted by Crippen LogP contribution is 2.28. The molecule has 0 amide bonds. The van der Waals surface area contributed by atoms with Crippen LogP contribution in [0.25, 0.3) is 0 Å². The van der Waals surface area contributed by atoms with E-state index in [0.717, 1.165) is 11.3 Å². The molecule has 1 atom stereocenters. The summed E-state index contributed by atoms with van der Waals surface area (Å²) in [6.07, 6.45) is 0.786. The van der Waals surface area contributed by atoms with Crippen molar-refractivity contribution in [2.45, 2.75) is 25.8 Å². The number of ketones is 1. The monoisotopic (exact) mass is 245 g/mol. The molecule has 1 rings (SSSR count). The van der Waals surface area contributed by atoms with Crippen LogP contribution in [0, 0.1) is 0 Å². The molecular formula is C11H16ClNOS. The Balaban J connectivity index is 3.02. The van der Waals surface area contributed by atoms with Gasteiger partial charge in [0.25, 0.3) is 0 Å². The quantitative estimate of drug-likeness (QED) is 0.759. The van der Waals surface area contributed by atoms with Crippen LogP contribution in [0.1, 0.15) is 29.9 Å². The van der Waals surface area contributed by atoms with E-state index in [4.69, 9.17) is 11.6 Å². The van der Waals surface area contributed by atoms with Crippen LogP contribution in [0.15, 0.2) is 12.1 Å². The average molecular weight is 246 g/mol. The maximum Gasteiger partial charge on any atom is 0.192 e. The Morgan fingerprint density at radius 3 is 2.47 bits per heavy atom. The third-order valence-corrected chi connectivity index (χ3v) is 4.19. The number of likely N-dealkylation sites (N-methyl/N-ethyl adjacent to an activating group) is 1. The van der Waals surface area contributed by atoms with Crippen LogP contribution in [0.2, 0.25) is 4.34 Å². The lowest BCUT2D eigenvalue weighted by atomic mass is 9.91. The molecule has 84 valence electrons. The zero-order chi connectivity index (χ0) is 11.6. The molecule has 0 saturated carbocycles. The summed E-state index contributed by atoms with van der Waals surface area (Å²) in [5, 5.41) is 0. The van der Waals surface area contributed by atoms with Crippen LogP contribution in [-0.4, -0.2) is 30.3 Å². The van der Waals surface area contributed by atoms with Gasteiger partial charge in [0.05, 0.1) is 14.8 Å². The Bertz CT molecular complexity index is 361. The molecule has 1 heterocycles. The average Bonchev–Trinajstić information content (AvgIpc) is 2.62. The van der Waals surface area contributed by atoms with Crippen molar-refractivity contribution < 1.29 is 4.79 Å². The van der Waals surface area contributed by atoms with Gasteiger partial charge < -0.3 is 0 Å². The van der Waals surface area contributed by atoms with Gasteiger partial charge in [-0.15, -0.1) is 11.3 Å². The van der Waals surface area contributed by atoms with Crippen LogP contribution < -0.4 is 0 Å². The minimum atomic E-state index is -0.436. The summed E-state index contributed by atoms with van der Waals surface area (Å²) in [5.74, 6) is 0.145. The molecule has 2 nitrogen and oxygen atoms in total. The van der Waals surface area contributed by atoms with E-state index in [2.05, 4.69) is 0 Å². The zero-order valence-corrected chi connectivity index (χ0v) is 11.1. The van der Waals surface area contributed by atoms with Gasteiger partial charge in [-0.25, -0.2) is 0 Å². The summed E-state index contributed by atoms with van der Waals surface area (Å²) in [6.45, 7) is 3.98. The fourth-order valence-corrected chi connectivity index (χ4v) is 2.49. The molecule has 0 bridgehead atoms. The molecule has 0 radical (unpaired) electrons. The summed E-state index contributed by atoms with van der Waals surface area (Å²) in [4.78, 5) is 15.0. The second-order valence-electron chi connectivity index (χ2n) is 3.95. The van der Waals surface area contributed by atoms with Crippen molar-refractivity contribution in [1.29, 1.82) is 0 Å². The molecule has 0 aromatic carbocycles. The number of halogens is 1. The van der Waals surface area contributed by atoms with Gasteiger partial charge in [0.1, 0.15) is 0 Å². The van der Waals surface area contributed by atoms with E-state index in [-0.39, 0.29) is 5.78 Å². The van der Waals surface area contributed by atoms with Crippen LogP contribution in [-0.2, 0) is 0 Å². The van der Waals surface area contributed by atoms with Crippen molar-refractivity contribution in [2.75, 3.05) is 14.1 Å². The highest BCUT2D eigenvalue weighted by atomic mass is 35.5. The standard InChI is InChI=1S/C11H16ClNOS/c1-5-11(2,13(3)4)10(14)8-6-7-9(12)15-8/h6-7H,5H2,1-4H3. The van der Waals surface area contributed by atoms with Gasteiger partial charge in [-0.2, -0.15) is 0 Å². The maximum atomic E-state index is 12.3. The Morgan fingerprint density at radius 2 is 2.13 bits per heavy atom. The van der Waals surface area contributed by atoms with Gasteiger partial charge in [0.2, 0.25) is 0 Å². The van der Waals surface area contributed by atoms with Crippen LogP contribution in [0.3, 0.4) is 0 Å². The smallest absolute Gasteiger partial charge is 0.192 e. The zero-order valence-electron chi connectivity index (χ0n) is 9.50. The van der Waals surface area contributed by atoms with Crippen molar-refractivity contribution in [3.8, 4) is 0 Å². The molecule has 0 spiro atoms. The van der Waals surface area contributed by atoms with Gasteiger partial charge in [-0.1, -0.05) is 18.5 Å². The van der Waals surface area contributed by atoms with Crippen molar-refractivity contribution in [1.82, 2.24) is 4.90 Å². The van der Waals surface area contributed by atoms with Crippen molar-refractivity contribution in [3.63, 3.8) is 0 Å². The maximum absolute atomic E-state index is 12.3. The first-order valence-electron chi connectivity index (χ1n) is 4.89. The summed E-state index contributed by atoms with van der Waals surface area (Å²) < 4.78 is 0.663. The molecule has 0 aliphatic rings. The first kappa shape index (κ1) is 12.7. The third-order valence-electron chi connectivity index (χ3n) is 2.96. The van der Waals surface area contributed by atoms with Gasteiger partial charge in [-0.05, 0) is 39.6 Å². The lowest BCUT2D eigenvalue weighted by Crippen LogP contribution is -2.47. The number of hydrogen-bond donors (Lipinski definition) is 0. The lowest BCUT2D eigenvalue weighted by Gasteiger charge is -2.33. The van der Waals surface area contributed by atoms with Gasteiger partial charge in [-0.3, -0.25) is 9.69 Å². The van der Waals surface area contributed by atoms with Gasteiger partial charge >= 0.3 is 0 Å². The van der Waals surface area contributed by atoms with Crippen molar-refractivity contribution in [3.05, 3.63) is 21.3 Å². The molecule has 0 fully saturated rings. The van der Waals surface area contributed by atoms with Crippen molar-refractivity contribution >= 4 is 28.7 Å². The Kier molecular flexibility index (Phi) is 3.93. The summed E-state index contributed by atoms with van der Waals surface area (Å²) in [7, 11) is 3.85. The minimum absolute atomic E-state index is 0.145. The molecule has 15 heavy (non-hydrogen) atoms. The Labute approximate surface area is 99.9 Å². The van der Waals surface area contributed by atoms with Gasteiger partial charge in [0.15, 0.2) is 5.78 Å². The normalized spacial score (nSPS) is 15.3. The number of carbonyl (C=O) groups excluding carboxylic acids is 1. The highest BCUT2D eigenvalue weighted by Gasteiger charge is 2.34. The largest absolute Gasteiger partial charge is 0.297 e. The van der Waals surface area contributed by atoms with Crippen molar-refractivity contribution in [2.24, 2.45) is 0 Å². The first-order valence-corrected chi connectivity index (χ1v) is 6.09. The van der Waals surface area contributed by atoms with E-state index in [0.29, 0.717) is 4.34 Å². The number of Topliss-reactive ketones (excluding diaryl/α,β-unsaturated/α-hetero) is 1. The van der Waals surface area contributed by atoms with Crippen LogP contribution >= 0.6 is 22.9 Å². The molecule has 0 aliphatic heterocycles. The fraction of sp³-hybridized carbons (Fsp3) is 0.545. The van der Waals surface area contributed by atoms with E-state index in [1.807, 2.05) is 32.8 Å². The second kappa shape index (κ2) is 4.64. The molecule has 1 unspecified atom stereocenters. The van der Waals surface area contributed by atoms with E-state index < -0.39 is 5.54 Å². The van der Waals surface area contributed by atoms with Gasteiger partial charge in [0, 0.05) is 0 Å². The number of hydrogen-bond acceptors (Lipinski definition) is 3. The SMILES string of the molecule is CCC(C)(C(=O)c1ccc(Cl)s1)N(C)C. The number of thiophene rings is 1. The molecule has 1 aromatic heterocycles. The molecule has 1 aromatic rings. The van der Waals surface area contributed by atoms with E-state index in [1.165, 1.54) is 11.3 Å². The predicted octanol–water partition coefficient (Wildman–Crippen LogP) is 3.31. The Hall–Kier alpha value is -0.380. The second-order valence-corrected chi connectivity index (χ2v) is 5.67. The lowest BCUT2D eigenvalue weighted by molar-refractivity contribution is 0.0715. The number of carbonyl (C=O) groups is 1. The number of nitrogens with zero attached hydrogens (tertiary/aromatic N) is 1. The molecule has 4 heteroatoms. The molecule has 0 N–H and O–H groups in total. The molecular weight excluding hydrogens is 230 g/mol. The minimum Gasteiger partial charge on any atom is -0.297 e. The van der Waals surface area contributed by atoms with E-state index in [1.54, 1.807) is 12.1 Å². The first-order chi connectivity index (χ1) is 6.91. The van der Waals surface area contributed by atoms with Crippen LogP contribution in [0.4, 0.5) is 0 Å². The van der Waals surface area contributed by atoms with E-state index in [9.17, 15) is 4.79 Å². The molecule has 0 aliphatic carbocycles. The summed E-state index contributed by atoms with van der Waals surface area (Å²) >= 11 is 7.17. The summed E-state index contributed by atoms with van der Waals surface area (Å²) in [6, 6.07) is 3.57. The van der Waals surface area contributed by atoms with Crippen LogP contribution in [0.5, 0.6) is 0 Å². The highest BCUT2D eigenvalue weighted by molar-refractivity contribution is 7.18. The third kappa shape index (κ3) is 2.41.